The van der Waals surface area contributed by atoms with Crippen LogP contribution >= 0.6 is 24.0 Å². The van der Waals surface area contributed by atoms with Crippen molar-refractivity contribution in [3.63, 3.8) is 0 Å². The number of carbonyl (C=O) groups excluding carboxylic acids is 1. The van der Waals surface area contributed by atoms with Gasteiger partial charge >= 0.3 is 0 Å². The van der Waals surface area contributed by atoms with Gasteiger partial charge < -0.3 is 4.74 Å². The summed E-state index contributed by atoms with van der Waals surface area (Å²) in [7, 11) is 0. The lowest BCUT2D eigenvalue weighted by molar-refractivity contribution is -0.124. The largest absolute Gasteiger partial charge is 0.494 e. The number of hydrogen-bond donors (Lipinski definition) is 0. The molecular weight excluding hydrogens is 326 g/mol. The van der Waals surface area contributed by atoms with Crippen molar-refractivity contribution in [1.82, 2.24) is 4.90 Å². The van der Waals surface area contributed by atoms with Crippen molar-refractivity contribution in [2.45, 2.75) is 45.1 Å². The van der Waals surface area contributed by atoms with Crippen LogP contribution in [0.2, 0.25) is 0 Å². The van der Waals surface area contributed by atoms with Crippen molar-refractivity contribution in [3.05, 3.63) is 34.7 Å². The van der Waals surface area contributed by atoms with Crippen molar-refractivity contribution in [2.24, 2.45) is 0 Å². The molecule has 122 valence electrons. The summed E-state index contributed by atoms with van der Waals surface area (Å²) in [5.41, 5.74) is 0.972. The number of benzene rings is 1. The number of thioether (sulfide) groups is 1. The van der Waals surface area contributed by atoms with Gasteiger partial charge in [-0.3, -0.25) is 9.69 Å². The van der Waals surface area contributed by atoms with Crippen LogP contribution in [0.15, 0.2) is 29.2 Å². The van der Waals surface area contributed by atoms with Crippen molar-refractivity contribution in [3.8, 4) is 5.75 Å². The number of ether oxygens (including phenoxy) is 1. The second-order valence-electron chi connectivity index (χ2n) is 5.85. The Balaban J connectivity index is 1.79. The Morgan fingerprint density at radius 1 is 1.35 bits per heavy atom. The Morgan fingerprint density at radius 3 is 2.87 bits per heavy atom. The zero-order chi connectivity index (χ0) is 16.2. The molecule has 3 rings (SSSR count). The molecule has 1 amide bonds. The fourth-order valence-corrected chi connectivity index (χ4v) is 4.55. The molecule has 0 bridgehead atoms. The Labute approximate surface area is 147 Å². The van der Waals surface area contributed by atoms with Gasteiger partial charge in [0.05, 0.1) is 11.5 Å². The number of hydrogen-bond acceptors (Lipinski definition) is 4. The smallest absolute Gasteiger partial charge is 0.266 e. The number of nitrogens with zero attached hydrogens (tertiary/aromatic N) is 1. The van der Waals surface area contributed by atoms with Crippen molar-refractivity contribution in [1.29, 1.82) is 0 Å². The summed E-state index contributed by atoms with van der Waals surface area (Å²) in [5, 5.41) is 0. The second kappa shape index (κ2) is 7.49. The molecule has 1 heterocycles. The Bertz CT molecular complexity index is 636. The monoisotopic (exact) mass is 347 g/mol. The number of carbonyl (C=O) groups is 1. The van der Waals surface area contributed by atoms with Crippen LogP contribution in [0.1, 0.15) is 44.6 Å². The maximum atomic E-state index is 12.7. The van der Waals surface area contributed by atoms with E-state index < -0.39 is 0 Å². The molecule has 23 heavy (non-hydrogen) atoms. The first-order chi connectivity index (χ1) is 11.2. The molecule has 0 unspecified atom stereocenters. The minimum absolute atomic E-state index is 0.0636. The van der Waals surface area contributed by atoms with E-state index in [1.807, 2.05) is 42.2 Å². The van der Waals surface area contributed by atoms with Gasteiger partial charge in [0.15, 0.2) is 0 Å². The van der Waals surface area contributed by atoms with Crippen LogP contribution in [0.5, 0.6) is 5.75 Å². The second-order valence-corrected chi connectivity index (χ2v) is 7.52. The molecule has 0 aromatic heterocycles. The first-order valence-electron chi connectivity index (χ1n) is 8.19. The van der Waals surface area contributed by atoms with Crippen molar-refractivity contribution in [2.75, 3.05) is 6.61 Å². The van der Waals surface area contributed by atoms with Gasteiger partial charge in [0.2, 0.25) is 0 Å². The molecule has 5 heteroatoms. The molecule has 0 N–H and O–H groups in total. The van der Waals surface area contributed by atoms with E-state index in [2.05, 4.69) is 0 Å². The predicted octanol–water partition coefficient (Wildman–Crippen LogP) is 4.62. The van der Waals surface area contributed by atoms with E-state index >= 15 is 0 Å². The summed E-state index contributed by atoms with van der Waals surface area (Å²) in [6.07, 6.45) is 7.71. The summed E-state index contributed by atoms with van der Waals surface area (Å²) < 4.78 is 6.22. The fourth-order valence-electron chi connectivity index (χ4n) is 3.15. The highest BCUT2D eigenvalue weighted by Gasteiger charge is 2.37. The average molecular weight is 348 g/mol. The van der Waals surface area contributed by atoms with Crippen LogP contribution in [0.25, 0.3) is 6.08 Å². The lowest BCUT2D eigenvalue weighted by Gasteiger charge is -2.29. The molecule has 3 nitrogen and oxygen atoms in total. The van der Waals surface area contributed by atoms with Crippen LogP contribution < -0.4 is 4.74 Å². The minimum Gasteiger partial charge on any atom is -0.494 e. The molecule has 0 atom stereocenters. The van der Waals surface area contributed by atoms with Crippen molar-refractivity contribution >= 4 is 40.3 Å². The average Bonchev–Trinajstić information content (AvgIpc) is 2.83. The standard InChI is InChI=1S/C18H21NO2S2/c1-2-21-15-10-6-7-13(11-15)12-16-17(20)19(18(22)23-16)14-8-4-3-5-9-14/h6-7,10-12,14H,2-5,8-9H2,1H3/b16-12+. The van der Waals surface area contributed by atoms with Gasteiger partial charge in [0.1, 0.15) is 10.1 Å². The molecule has 1 aromatic rings. The topological polar surface area (TPSA) is 29.5 Å². The maximum Gasteiger partial charge on any atom is 0.266 e. The molecule has 1 aromatic carbocycles. The van der Waals surface area contributed by atoms with Gasteiger partial charge in [-0.05, 0) is 43.5 Å². The van der Waals surface area contributed by atoms with Crippen LogP contribution in [0, 0.1) is 0 Å². The normalized spacial score (nSPS) is 21.3. The summed E-state index contributed by atoms with van der Waals surface area (Å²) in [6.45, 7) is 2.59. The molecule has 2 fully saturated rings. The summed E-state index contributed by atoms with van der Waals surface area (Å²) in [4.78, 5) is 15.3. The van der Waals surface area contributed by atoms with Gasteiger partial charge in [-0.25, -0.2) is 0 Å². The third kappa shape index (κ3) is 3.78. The van der Waals surface area contributed by atoms with E-state index in [-0.39, 0.29) is 11.9 Å². The first-order valence-corrected chi connectivity index (χ1v) is 9.41. The number of rotatable bonds is 4. The van der Waals surface area contributed by atoms with Gasteiger partial charge in [0, 0.05) is 6.04 Å². The van der Waals surface area contributed by atoms with Crippen LogP contribution in [-0.4, -0.2) is 27.8 Å². The number of thiocarbonyl (C=S) groups is 1. The van der Waals surface area contributed by atoms with E-state index in [0.717, 1.165) is 24.2 Å². The van der Waals surface area contributed by atoms with Crippen LogP contribution in [-0.2, 0) is 4.79 Å². The molecular formula is C18H21NO2S2. The molecule has 2 aliphatic rings. The molecule has 0 radical (unpaired) electrons. The lowest BCUT2D eigenvalue weighted by atomic mass is 9.94. The van der Waals surface area contributed by atoms with Gasteiger partial charge in [0.25, 0.3) is 5.91 Å². The van der Waals surface area contributed by atoms with E-state index in [4.69, 9.17) is 17.0 Å². The summed E-state index contributed by atoms with van der Waals surface area (Å²) in [5.74, 6) is 0.887. The van der Waals surface area contributed by atoms with Gasteiger partial charge in [-0.15, -0.1) is 0 Å². The minimum atomic E-state index is 0.0636. The van der Waals surface area contributed by atoms with Gasteiger partial charge in [-0.1, -0.05) is 55.4 Å². The predicted molar refractivity (Wildman–Crippen MR) is 99.5 cm³/mol. The molecule has 1 aliphatic heterocycles. The third-order valence-corrected chi connectivity index (χ3v) is 5.56. The number of amides is 1. The van der Waals surface area contributed by atoms with E-state index in [1.54, 1.807) is 0 Å². The highest BCUT2D eigenvalue weighted by atomic mass is 32.2. The third-order valence-electron chi connectivity index (χ3n) is 4.23. The Kier molecular flexibility index (Phi) is 5.38. The molecule has 0 spiro atoms. The Hall–Kier alpha value is -1.33. The summed E-state index contributed by atoms with van der Waals surface area (Å²) in [6, 6.07) is 8.09. The summed E-state index contributed by atoms with van der Waals surface area (Å²) >= 11 is 6.88. The zero-order valence-corrected chi connectivity index (χ0v) is 14.9. The van der Waals surface area contributed by atoms with Crippen LogP contribution in [0.3, 0.4) is 0 Å². The van der Waals surface area contributed by atoms with Crippen LogP contribution in [0.4, 0.5) is 0 Å². The lowest BCUT2D eigenvalue weighted by Crippen LogP contribution is -2.39. The highest BCUT2D eigenvalue weighted by Crippen LogP contribution is 2.37. The zero-order valence-electron chi connectivity index (χ0n) is 13.3. The van der Waals surface area contributed by atoms with Gasteiger partial charge in [-0.2, -0.15) is 0 Å². The molecule has 1 saturated heterocycles. The van der Waals surface area contributed by atoms with E-state index in [1.165, 1.54) is 31.0 Å². The first kappa shape index (κ1) is 16.5. The molecule has 1 saturated carbocycles. The Morgan fingerprint density at radius 2 is 2.13 bits per heavy atom. The SMILES string of the molecule is CCOc1cccc(/C=C2/SC(=S)N(C3CCCCC3)C2=O)c1. The van der Waals surface area contributed by atoms with E-state index in [0.29, 0.717) is 15.8 Å². The maximum absolute atomic E-state index is 12.7. The fraction of sp³-hybridized carbons (Fsp3) is 0.444. The molecule has 1 aliphatic carbocycles. The quantitative estimate of drug-likeness (QED) is 0.587. The van der Waals surface area contributed by atoms with Crippen molar-refractivity contribution < 1.29 is 9.53 Å². The van der Waals surface area contributed by atoms with E-state index in [9.17, 15) is 4.79 Å². The highest BCUT2D eigenvalue weighted by molar-refractivity contribution is 8.26.